The average Bonchev–Trinajstić information content (AvgIpc) is 2.91. The summed E-state index contributed by atoms with van der Waals surface area (Å²) < 4.78 is 26.8. The molecule has 2 aliphatic carbocycles. The molecule has 1 aliphatic heterocycles. The van der Waals surface area contributed by atoms with E-state index in [2.05, 4.69) is 19.9 Å². The van der Waals surface area contributed by atoms with E-state index in [1.165, 1.54) is 24.0 Å². The van der Waals surface area contributed by atoms with Crippen molar-refractivity contribution in [3.63, 3.8) is 0 Å². The van der Waals surface area contributed by atoms with Crippen LogP contribution in [0.2, 0.25) is 0 Å². The van der Waals surface area contributed by atoms with Gasteiger partial charge in [-0.25, -0.2) is 4.39 Å². The number of alkyl halides is 1. The zero-order valence-corrected chi connectivity index (χ0v) is 14.4. The van der Waals surface area contributed by atoms with Crippen LogP contribution in [0.5, 0.6) is 11.5 Å². The topological polar surface area (TPSA) is 18.5 Å². The SMILES string of the molecule is CCc1ccc(OC)c2c1[C@@]13CCC[C@@H](C)C1CCC(F)[C@H]3O2. The second-order valence-electron chi connectivity index (χ2n) is 7.63. The predicted molar refractivity (Wildman–Crippen MR) is 89.1 cm³/mol. The van der Waals surface area contributed by atoms with E-state index in [0.29, 0.717) is 18.3 Å². The molecule has 1 heterocycles. The van der Waals surface area contributed by atoms with E-state index >= 15 is 0 Å². The Labute approximate surface area is 138 Å². The zero-order valence-electron chi connectivity index (χ0n) is 14.4. The lowest BCUT2D eigenvalue weighted by Crippen LogP contribution is -2.56. The number of ether oxygens (including phenoxy) is 2. The first-order valence-electron chi connectivity index (χ1n) is 9.14. The minimum absolute atomic E-state index is 0.134. The van der Waals surface area contributed by atoms with Gasteiger partial charge in [0.15, 0.2) is 11.5 Å². The molecular weight excluding hydrogens is 291 g/mol. The van der Waals surface area contributed by atoms with Gasteiger partial charge in [0.25, 0.3) is 0 Å². The van der Waals surface area contributed by atoms with Crippen molar-refractivity contribution < 1.29 is 13.9 Å². The Kier molecular flexibility index (Phi) is 3.58. The molecule has 4 rings (SSSR count). The fourth-order valence-electron chi connectivity index (χ4n) is 5.76. The van der Waals surface area contributed by atoms with Crippen molar-refractivity contribution in [3.8, 4) is 11.5 Å². The molecule has 0 radical (unpaired) electrons. The number of benzene rings is 1. The molecule has 23 heavy (non-hydrogen) atoms. The summed E-state index contributed by atoms with van der Waals surface area (Å²) in [6.45, 7) is 4.54. The normalized spacial score (nSPS) is 38.3. The van der Waals surface area contributed by atoms with E-state index in [9.17, 15) is 4.39 Å². The number of hydrogen-bond donors (Lipinski definition) is 0. The van der Waals surface area contributed by atoms with Gasteiger partial charge >= 0.3 is 0 Å². The maximum atomic E-state index is 14.9. The molecule has 0 bridgehead atoms. The van der Waals surface area contributed by atoms with Gasteiger partial charge in [0.2, 0.25) is 0 Å². The molecular formula is C20H27FO2. The third kappa shape index (κ3) is 1.91. The molecule has 3 aliphatic rings. The van der Waals surface area contributed by atoms with Crippen LogP contribution in [0.25, 0.3) is 0 Å². The van der Waals surface area contributed by atoms with E-state index < -0.39 is 6.17 Å². The van der Waals surface area contributed by atoms with Gasteiger partial charge in [-0.2, -0.15) is 0 Å². The molecule has 0 saturated heterocycles. The first-order valence-corrected chi connectivity index (χ1v) is 9.14. The largest absolute Gasteiger partial charge is 0.493 e. The quantitative estimate of drug-likeness (QED) is 0.778. The standard InChI is InChI=1S/C20H27FO2/c1-4-13-7-10-16(22-3)18-17(13)20-11-5-6-12(2)14(20)8-9-15(21)19(20)23-18/h7,10,12,14-15,19H,4-6,8-9,11H2,1-3H3/t12-,14?,15?,19-,20-/m1/s1. The predicted octanol–water partition coefficient (Wildman–Crippen LogP) is 4.82. The monoisotopic (exact) mass is 318 g/mol. The molecule has 1 spiro atoms. The van der Waals surface area contributed by atoms with Crippen LogP contribution >= 0.6 is 0 Å². The lowest BCUT2D eigenvalue weighted by molar-refractivity contribution is -0.0494. The Morgan fingerprint density at radius 3 is 2.87 bits per heavy atom. The van der Waals surface area contributed by atoms with Crippen LogP contribution in [-0.4, -0.2) is 19.4 Å². The minimum Gasteiger partial charge on any atom is -0.493 e. The van der Waals surface area contributed by atoms with Crippen LogP contribution in [0.3, 0.4) is 0 Å². The van der Waals surface area contributed by atoms with Gasteiger partial charge in [0, 0.05) is 11.0 Å². The average molecular weight is 318 g/mol. The number of aryl methyl sites for hydroxylation is 1. The summed E-state index contributed by atoms with van der Waals surface area (Å²) >= 11 is 0. The highest BCUT2D eigenvalue weighted by Gasteiger charge is 2.62. The molecule has 1 aromatic carbocycles. The molecule has 0 aromatic heterocycles. The molecule has 1 aromatic rings. The summed E-state index contributed by atoms with van der Waals surface area (Å²) in [5.41, 5.74) is 2.46. The highest BCUT2D eigenvalue weighted by molar-refractivity contribution is 5.59. The Balaban J connectivity index is 1.96. The van der Waals surface area contributed by atoms with Gasteiger partial charge in [0.05, 0.1) is 7.11 Å². The molecule has 2 saturated carbocycles. The van der Waals surface area contributed by atoms with Gasteiger partial charge in [-0.1, -0.05) is 32.8 Å². The van der Waals surface area contributed by atoms with Crippen molar-refractivity contribution >= 4 is 0 Å². The molecule has 5 atom stereocenters. The van der Waals surface area contributed by atoms with Crippen LogP contribution in [0.15, 0.2) is 12.1 Å². The highest BCUT2D eigenvalue weighted by atomic mass is 19.1. The first-order chi connectivity index (χ1) is 11.1. The van der Waals surface area contributed by atoms with Crippen LogP contribution < -0.4 is 9.47 Å². The maximum Gasteiger partial charge on any atom is 0.165 e. The number of fused-ring (bicyclic) bond motifs is 1. The second kappa shape index (κ2) is 5.39. The third-order valence-corrected chi connectivity index (χ3v) is 6.71. The Morgan fingerprint density at radius 2 is 2.13 bits per heavy atom. The number of methoxy groups -OCH3 is 1. The molecule has 2 unspecified atom stereocenters. The smallest absolute Gasteiger partial charge is 0.165 e. The summed E-state index contributed by atoms with van der Waals surface area (Å²) in [6.07, 6.45) is 4.89. The first kappa shape index (κ1) is 15.3. The van der Waals surface area contributed by atoms with Gasteiger partial charge in [0.1, 0.15) is 12.3 Å². The number of halogens is 1. The van der Waals surface area contributed by atoms with E-state index in [4.69, 9.17) is 9.47 Å². The molecule has 126 valence electrons. The van der Waals surface area contributed by atoms with Gasteiger partial charge < -0.3 is 9.47 Å². The fourth-order valence-corrected chi connectivity index (χ4v) is 5.76. The van der Waals surface area contributed by atoms with Crippen molar-refractivity contribution in [2.24, 2.45) is 11.8 Å². The highest BCUT2D eigenvalue weighted by Crippen LogP contribution is 2.63. The Hall–Kier alpha value is -1.25. The van der Waals surface area contributed by atoms with Crippen molar-refractivity contribution in [2.45, 2.75) is 70.1 Å². The van der Waals surface area contributed by atoms with E-state index in [1.54, 1.807) is 7.11 Å². The summed E-state index contributed by atoms with van der Waals surface area (Å²) in [6, 6.07) is 4.15. The van der Waals surface area contributed by atoms with E-state index in [0.717, 1.165) is 30.8 Å². The van der Waals surface area contributed by atoms with Crippen LogP contribution in [0.1, 0.15) is 57.1 Å². The lowest BCUT2D eigenvalue weighted by atomic mass is 9.52. The summed E-state index contributed by atoms with van der Waals surface area (Å²) in [7, 11) is 1.68. The number of hydrogen-bond acceptors (Lipinski definition) is 2. The van der Waals surface area contributed by atoms with Crippen LogP contribution in [0.4, 0.5) is 4.39 Å². The minimum atomic E-state index is -0.863. The molecule has 2 nitrogen and oxygen atoms in total. The van der Waals surface area contributed by atoms with E-state index in [1.807, 2.05) is 6.07 Å². The molecule has 2 fully saturated rings. The molecule has 0 amide bonds. The van der Waals surface area contributed by atoms with E-state index in [-0.39, 0.29) is 11.5 Å². The number of rotatable bonds is 2. The maximum absolute atomic E-state index is 14.9. The fraction of sp³-hybridized carbons (Fsp3) is 0.700. The summed E-state index contributed by atoms with van der Waals surface area (Å²) in [4.78, 5) is 0. The second-order valence-corrected chi connectivity index (χ2v) is 7.63. The van der Waals surface area contributed by atoms with Gasteiger partial charge in [-0.3, -0.25) is 0 Å². The van der Waals surface area contributed by atoms with Gasteiger partial charge in [-0.05, 0) is 49.1 Å². The van der Waals surface area contributed by atoms with Crippen molar-refractivity contribution in [2.75, 3.05) is 7.11 Å². The molecule has 0 N–H and O–H groups in total. The third-order valence-electron chi connectivity index (χ3n) is 6.71. The van der Waals surface area contributed by atoms with Gasteiger partial charge in [-0.15, -0.1) is 0 Å². The van der Waals surface area contributed by atoms with Crippen LogP contribution in [0, 0.1) is 11.8 Å². The van der Waals surface area contributed by atoms with Crippen molar-refractivity contribution in [1.82, 2.24) is 0 Å². The van der Waals surface area contributed by atoms with Crippen molar-refractivity contribution in [3.05, 3.63) is 23.3 Å². The zero-order chi connectivity index (χ0) is 16.2. The summed E-state index contributed by atoms with van der Waals surface area (Å²) in [5, 5.41) is 0. The Morgan fingerprint density at radius 1 is 1.30 bits per heavy atom. The van der Waals surface area contributed by atoms with Crippen molar-refractivity contribution in [1.29, 1.82) is 0 Å². The summed E-state index contributed by atoms with van der Waals surface area (Å²) in [5.74, 6) is 2.78. The lowest BCUT2D eigenvalue weighted by Gasteiger charge is -2.52. The Bertz CT molecular complexity index is 614. The molecule has 3 heteroatoms. The van der Waals surface area contributed by atoms with Crippen LogP contribution in [-0.2, 0) is 11.8 Å².